The van der Waals surface area contributed by atoms with Crippen LogP contribution in [-0.4, -0.2) is 35.8 Å². The minimum Gasteiger partial charge on any atom is -0.382 e. The van der Waals surface area contributed by atoms with E-state index < -0.39 is 5.91 Å². The van der Waals surface area contributed by atoms with Gasteiger partial charge in [-0.3, -0.25) is 4.79 Å². The number of H-pyrrole nitrogens is 1. The minimum absolute atomic E-state index is 0.172. The van der Waals surface area contributed by atoms with Crippen LogP contribution in [0.4, 0.5) is 11.5 Å². The van der Waals surface area contributed by atoms with Crippen LogP contribution in [0.1, 0.15) is 10.5 Å². The van der Waals surface area contributed by atoms with Crippen molar-refractivity contribution >= 4 is 28.6 Å². The number of aromatic nitrogens is 6. The summed E-state index contributed by atoms with van der Waals surface area (Å²) in [4.78, 5) is 34.3. The Hall–Kier alpha value is -3.10. The molecule has 0 aromatic carbocycles. The summed E-state index contributed by atoms with van der Waals surface area (Å²) < 4.78 is 0. The molecule has 0 saturated heterocycles. The molecule has 0 fully saturated rings. The summed E-state index contributed by atoms with van der Waals surface area (Å²) in [5, 5.41) is 2.58. The maximum absolute atomic E-state index is 12.1. The normalized spacial score (nSPS) is 10.5. The molecular weight excluding hydrogens is 248 g/mol. The maximum Gasteiger partial charge on any atom is 0.276 e. The van der Waals surface area contributed by atoms with Gasteiger partial charge in [0.15, 0.2) is 17.2 Å². The summed E-state index contributed by atoms with van der Waals surface area (Å²) in [6.07, 6.45) is 5.41. The first-order chi connectivity index (χ1) is 9.25. The van der Waals surface area contributed by atoms with Gasteiger partial charge in [0.2, 0.25) is 0 Å². The number of imidazole rings is 1. The first-order valence-electron chi connectivity index (χ1n) is 5.26. The van der Waals surface area contributed by atoms with Gasteiger partial charge in [0.1, 0.15) is 23.9 Å². The highest BCUT2D eigenvalue weighted by molar-refractivity contribution is 6.10. The third kappa shape index (κ3) is 1.92. The SMILES string of the molecule is Nc1ncncc1NC(=O)c1ncnc2nc[nH]c12. The number of nitrogens with one attached hydrogen (secondary N) is 2. The van der Waals surface area contributed by atoms with E-state index >= 15 is 0 Å². The van der Waals surface area contributed by atoms with Crippen molar-refractivity contribution in [1.29, 1.82) is 0 Å². The molecule has 94 valence electrons. The molecule has 0 atom stereocenters. The molecule has 4 N–H and O–H groups in total. The number of rotatable bonds is 2. The summed E-state index contributed by atoms with van der Waals surface area (Å²) in [6, 6.07) is 0. The highest BCUT2D eigenvalue weighted by atomic mass is 16.1. The minimum atomic E-state index is -0.446. The van der Waals surface area contributed by atoms with Gasteiger partial charge in [-0.2, -0.15) is 0 Å². The van der Waals surface area contributed by atoms with Gasteiger partial charge in [-0.1, -0.05) is 0 Å². The maximum atomic E-state index is 12.1. The topological polar surface area (TPSA) is 135 Å². The van der Waals surface area contributed by atoms with Crippen LogP contribution in [-0.2, 0) is 0 Å². The largest absolute Gasteiger partial charge is 0.382 e. The lowest BCUT2D eigenvalue weighted by molar-refractivity contribution is 0.102. The molecule has 9 nitrogen and oxygen atoms in total. The third-order valence-corrected chi connectivity index (χ3v) is 2.43. The number of fused-ring (bicyclic) bond motifs is 1. The number of amides is 1. The molecule has 0 aliphatic carbocycles. The average Bonchev–Trinajstić information content (AvgIpc) is 2.89. The molecule has 3 heterocycles. The predicted octanol–water partition coefficient (Wildman–Crippen LogP) is -0.0226. The second kappa shape index (κ2) is 4.29. The van der Waals surface area contributed by atoms with Crippen molar-refractivity contribution in [3.05, 3.63) is 30.9 Å². The lowest BCUT2D eigenvalue weighted by atomic mass is 10.3. The number of nitrogen functional groups attached to an aromatic ring is 1. The molecule has 0 unspecified atom stereocenters. The molecule has 3 aromatic rings. The van der Waals surface area contributed by atoms with Gasteiger partial charge in [-0.25, -0.2) is 24.9 Å². The molecular formula is C10H8N8O. The van der Waals surface area contributed by atoms with Crippen molar-refractivity contribution < 1.29 is 4.79 Å². The number of anilines is 2. The van der Waals surface area contributed by atoms with Gasteiger partial charge in [-0.15, -0.1) is 0 Å². The van der Waals surface area contributed by atoms with E-state index in [9.17, 15) is 4.79 Å². The Morgan fingerprint density at radius 1 is 1.21 bits per heavy atom. The highest BCUT2D eigenvalue weighted by Crippen LogP contribution is 2.15. The van der Waals surface area contributed by atoms with Gasteiger partial charge in [-0.05, 0) is 0 Å². The first kappa shape index (κ1) is 11.0. The van der Waals surface area contributed by atoms with Crippen molar-refractivity contribution in [2.45, 2.75) is 0 Å². The fourth-order valence-electron chi connectivity index (χ4n) is 1.55. The lowest BCUT2D eigenvalue weighted by Gasteiger charge is -2.05. The van der Waals surface area contributed by atoms with E-state index in [2.05, 4.69) is 35.2 Å². The van der Waals surface area contributed by atoms with Crippen molar-refractivity contribution in [2.75, 3.05) is 11.1 Å². The van der Waals surface area contributed by atoms with E-state index in [-0.39, 0.29) is 11.5 Å². The van der Waals surface area contributed by atoms with E-state index in [0.717, 1.165) is 0 Å². The van der Waals surface area contributed by atoms with Gasteiger partial charge in [0, 0.05) is 0 Å². The first-order valence-corrected chi connectivity index (χ1v) is 5.26. The molecule has 9 heteroatoms. The molecule has 3 rings (SSSR count). The van der Waals surface area contributed by atoms with Crippen LogP contribution in [0, 0.1) is 0 Å². The van der Waals surface area contributed by atoms with Gasteiger partial charge in [0.05, 0.1) is 12.5 Å². The number of nitrogens with two attached hydrogens (primary N) is 1. The summed E-state index contributed by atoms with van der Waals surface area (Å²) in [6.45, 7) is 0. The van der Waals surface area contributed by atoms with Crippen molar-refractivity contribution in [2.24, 2.45) is 0 Å². The molecule has 0 aliphatic rings. The van der Waals surface area contributed by atoms with E-state index in [1.165, 1.54) is 25.2 Å². The number of carbonyl (C=O) groups is 1. The lowest BCUT2D eigenvalue weighted by Crippen LogP contribution is -2.16. The highest BCUT2D eigenvalue weighted by Gasteiger charge is 2.15. The third-order valence-electron chi connectivity index (χ3n) is 2.43. The molecule has 0 aliphatic heterocycles. The van der Waals surface area contributed by atoms with Gasteiger partial charge < -0.3 is 16.0 Å². The van der Waals surface area contributed by atoms with Crippen LogP contribution >= 0.6 is 0 Å². The Labute approximate surface area is 106 Å². The van der Waals surface area contributed by atoms with Gasteiger partial charge >= 0.3 is 0 Å². The smallest absolute Gasteiger partial charge is 0.276 e. The standard InChI is InChI=1S/C10H8N8O/c11-8-5(1-12-2-15-8)18-10(19)7-6-9(16-3-13-6)17-4-14-7/h1-4H,(H,18,19)(H2,11,12,15)(H,13,14,16,17). The zero-order valence-corrected chi connectivity index (χ0v) is 9.53. The quantitative estimate of drug-likeness (QED) is 0.586. The van der Waals surface area contributed by atoms with Crippen LogP contribution < -0.4 is 11.1 Å². The van der Waals surface area contributed by atoms with Crippen LogP contribution in [0.25, 0.3) is 11.2 Å². The van der Waals surface area contributed by atoms with E-state index in [0.29, 0.717) is 16.9 Å². The second-order valence-corrected chi connectivity index (χ2v) is 3.60. The fourth-order valence-corrected chi connectivity index (χ4v) is 1.55. The zero-order valence-electron chi connectivity index (χ0n) is 9.53. The van der Waals surface area contributed by atoms with Crippen LogP contribution in [0.3, 0.4) is 0 Å². The molecule has 1 amide bonds. The van der Waals surface area contributed by atoms with E-state index in [4.69, 9.17) is 5.73 Å². The Morgan fingerprint density at radius 3 is 2.95 bits per heavy atom. The van der Waals surface area contributed by atoms with Crippen molar-refractivity contribution in [1.82, 2.24) is 29.9 Å². The van der Waals surface area contributed by atoms with Gasteiger partial charge in [0.25, 0.3) is 5.91 Å². The molecule has 3 aromatic heterocycles. The number of hydrogen-bond donors (Lipinski definition) is 3. The van der Waals surface area contributed by atoms with Crippen molar-refractivity contribution in [3.8, 4) is 0 Å². The molecule has 0 saturated carbocycles. The summed E-state index contributed by atoms with van der Waals surface area (Å²) in [5.74, 6) is -0.267. The summed E-state index contributed by atoms with van der Waals surface area (Å²) in [7, 11) is 0. The summed E-state index contributed by atoms with van der Waals surface area (Å²) >= 11 is 0. The number of carbonyl (C=O) groups excluding carboxylic acids is 1. The Kier molecular flexibility index (Phi) is 2.49. The molecule has 0 spiro atoms. The van der Waals surface area contributed by atoms with Crippen LogP contribution in [0.15, 0.2) is 25.2 Å². The number of aromatic amines is 1. The Balaban J connectivity index is 1.97. The van der Waals surface area contributed by atoms with E-state index in [1.54, 1.807) is 0 Å². The van der Waals surface area contributed by atoms with E-state index in [1.807, 2.05) is 0 Å². The molecule has 19 heavy (non-hydrogen) atoms. The average molecular weight is 256 g/mol. The Bertz CT molecular complexity index is 752. The molecule has 0 bridgehead atoms. The Morgan fingerprint density at radius 2 is 2.11 bits per heavy atom. The number of nitrogens with zero attached hydrogens (tertiary/aromatic N) is 5. The number of hydrogen-bond acceptors (Lipinski definition) is 7. The zero-order chi connectivity index (χ0) is 13.2. The second-order valence-electron chi connectivity index (χ2n) is 3.60. The summed E-state index contributed by atoms with van der Waals surface area (Å²) in [5.41, 5.74) is 6.98. The monoisotopic (exact) mass is 256 g/mol. The van der Waals surface area contributed by atoms with Crippen LogP contribution in [0.5, 0.6) is 0 Å². The molecule has 0 radical (unpaired) electrons. The van der Waals surface area contributed by atoms with Crippen molar-refractivity contribution in [3.63, 3.8) is 0 Å². The predicted molar refractivity (Wildman–Crippen MR) is 66.1 cm³/mol. The van der Waals surface area contributed by atoms with Crippen LogP contribution in [0.2, 0.25) is 0 Å². The fraction of sp³-hybridized carbons (Fsp3) is 0.